The Hall–Kier alpha value is -4.61. The highest BCUT2D eigenvalue weighted by Crippen LogP contribution is 2.27. The van der Waals surface area contributed by atoms with E-state index in [9.17, 15) is 19.2 Å². The van der Waals surface area contributed by atoms with Gasteiger partial charge >= 0.3 is 12.1 Å². The maximum absolute atomic E-state index is 13.5. The number of anilines is 1. The molecule has 0 fully saturated rings. The number of ether oxygens (including phenoxy) is 2. The molecule has 45 heavy (non-hydrogen) atoms. The summed E-state index contributed by atoms with van der Waals surface area (Å²) in [6.07, 6.45) is 2.72. The van der Waals surface area contributed by atoms with Crippen LogP contribution in [0, 0.1) is 0 Å². The van der Waals surface area contributed by atoms with Crippen LogP contribution in [-0.2, 0) is 32.2 Å². The lowest BCUT2D eigenvalue weighted by Crippen LogP contribution is -2.42. The van der Waals surface area contributed by atoms with Crippen molar-refractivity contribution >= 4 is 40.6 Å². The number of alkyl carbamates (subject to hydrolysis) is 1. The van der Waals surface area contributed by atoms with Crippen LogP contribution in [0.2, 0.25) is 0 Å². The first kappa shape index (κ1) is 33.3. The second kappa shape index (κ2) is 14.9. The predicted octanol–water partition coefficient (Wildman–Crippen LogP) is 4.61. The lowest BCUT2D eigenvalue weighted by molar-refractivity contribution is -0.144. The highest BCUT2D eigenvalue weighted by atomic mass is 16.6. The predicted molar refractivity (Wildman–Crippen MR) is 170 cm³/mol. The number of esters is 1. The van der Waals surface area contributed by atoms with E-state index in [0.29, 0.717) is 43.3 Å². The monoisotopic (exact) mass is 620 g/mol. The van der Waals surface area contributed by atoms with Crippen LogP contribution in [0.3, 0.4) is 0 Å². The number of carbonyl (C=O) groups is 4. The Bertz CT molecular complexity index is 1480. The van der Waals surface area contributed by atoms with Crippen molar-refractivity contribution in [3.63, 3.8) is 0 Å². The molecule has 12 heteroatoms. The summed E-state index contributed by atoms with van der Waals surface area (Å²) >= 11 is 0. The highest BCUT2D eigenvalue weighted by molar-refractivity contribution is 5.96. The van der Waals surface area contributed by atoms with Crippen molar-refractivity contribution < 1.29 is 28.7 Å². The normalized spacial score (nSPS) is 14.7. The standard InChI is InChI=1S/C33H44N6O6/c1-33(2,3)45-32(43)34-16-10-6-7-11-17-39-20-23-18-22(14-15-24(23)35-27(31(39)42)19-29(40)44-5)30(41)38(4)21-28-36-25-12-8-9-13-26(25)37-28/h8-9,12-15,18,27,35H,6-7,10-11,16-17,19-21H2,1-5H3,(H,34,43)(H,36,37). The molecular formula is C33H44N6O6. The molecule has 242 valence electrons. The molecule has 0 saturated carbocycles. The Morgan fingerprint density at radius 1 is 1.09 bits per heavy atom. The molecule has 12 nitrogen and oxygen atoms in total. The first-order valence-corrected chi connectivity index (χ1v) is 15.3. The smallest absolute Gasteiger partial charge is 0.407 e. The molecule has 1 atom stereocenters. The van der Waals surface area contributed by atoms with Gasteiger partial charge in [0.2, 0.25) is 5.91 Å². The van der Waals surface area contributed by atoms with Crippen LogP contribution in [0.5, 0.6) is 0 Å². The fourth-order valence-corrected chi connectivity index (χ4v) is 5.21. The van der Waals surface area contributed by atoms with Gasteiger partial charge in [-0.1, -0.05) is 25.0 Å². The molecule has 1 unspecified atom stereocenters. The lowest BCUT2D eigenvalue weighted by atomic mass is 10.1. The number of rotatable bonds is 12. The number of amides is 3. The number of aromatic amines is 1. The van der Waals surface area contributed by atoms with Crippen molar-refractivity contribution in [2.45, 2.75) is 77.6 Å². The van der Waals surface area contributed by atoms with Gasteiger partial charge in [-0.3, -0.25) is 14.4 Å². The molecular weight excluding hydrogens is 576 g/mol. The van der Waals surface area contributed by atoms with Crippen LogP contribution in [0.15, 0.2) is 42.5 Å². The van der Waals surface area contributed by atoms with E-state index in [1.54, 1.807) is 29.0 Å². The summed E-state index contributed by atoms with van der Waals surface area (Å²) in [6, 6.07) is 12.2. The number of benzene rings is 2. The number of hydrogen-bond acceptors (Lipinski definition) is 8. The van der Waals surface area contributed by atoms with E-state index in [2.05, 4.69) is 20.6 Å². The zero-order chi connectivity index (χ0) is 32.6. The van der Waals surface area contributed by atoms with Crippen LogP contribution in [0.25, 0.3) is 11.0 Å². The Labute approximate surface area is 263 Å². The maximum atomic E-state index is 13.5. The van der Waals surface area contributed by atoms with E-state index >= 15 is 0 Å². The van der Waals surface area contributed by atoms with Gasteiger partial charge in [0.1, 0.15) is 17.5 Å². The van der Waals surface area contributed by atoms with Crippen molar-refractivity contribution in [3.05, 3.63) is 59.4 Å². The molecule has 1 aromatic heterocycles. The number of fused-ring (bicyclic) bond motifs is 2. The van der Waals surface area contributed by atoms with E-state index in [4.69, 9.17) is 9.47 Å². The minimum absolute atomic E-state index is 0.109. The SMILES string of the molecule is COC(=O)CC1Nc2ccc(C(=O)N(C)Cc3nc4ccccc4[nH]3)cc2CN(CCCCCCNC(=O)OC(C)(C)C)C1=O. The van der Waals surface area contributed by atoms with Crippen molar-refractivity contribution in [1.29, 1.82) is 0 Å². The number of nitrogens with zero attached hydrogens (tertiary/aromatic N) is 3. The molecule has 1 aliphatic rings. The number of imidazole rings is 1. The van der Waals surface area contributed by atoms with Crippen LogP contribution < -0.4 is 10.6 Å². The quantitative estimate of drug-likeness (QED) is 0.197. The Balaban J connectivity index is 1.38. The van der Waals surface area contributed by atoms with Gasteiger partial charge in [0.05, 0.1) is 31.1 Å². The highest BCUT2D eigenvalue weighted by Gasteiger charge is 2.31. The van der Waals surface area contributed by atoms with Crippen molar-refractivity contribution in [2.24, 2.45) is 0 Å². The van der Waals surface area contributed by atoms with Gasteiger partial charge in [0.15, 0.2) is 0 Å². The molecule has 0 bridgehead atoms. The second-order valence-electron chi connectivity index (χ2n) is 12.3. The largest absolute Gasteiger partial charge is 0.469 e. The van der Waals surface area contributed by atoms with E-state index in [-0.39, 0.29) is 18.2 Å². The maximum Gasteiger partial charge on any atom is 0.407 e. The van der Waals surface area contributed by atoms with Crippen molar-refractivity contribution in [1.82, 2.24) is 25.1 Å². The number of para-hydroxylation sites is 2. The third kappa shape index (κ3) is 9.44. The molecule has 3 aromatic rings. The summed E-state index contributed by atoms with van der Waals surface area (Å²) in [6.45, 7) is 7.07. The number of carbonyl (C=O) groups excluding carboxylic acids is 4. The van der Waals surface area contributed by atoms with Gasteiger partial charge in [-0.25, -0.2) is 9.78 Å². The summed E-state index contributed by atoms with van der Waals surface area (Å²) in [5.41, 5.74) is 3.19. The van der Waals surface area contributed by atoms with Gasteiger partial charge in [0, 0.05) is 37.9 Å². The number of H-pyrrole nitrogens is 1. The van der Waals surface area contributed by atoms with E-state index in [1.165, 1.54) is 7.11 Å². The Kier molecular flexibility index (Phi) is 11.0. The average Bonchev–Trinajstić information content (AvgIpc) is 3.35. The number of methoxy groups -OCH3 is 1. The molecule has 4 rings (SSSR count). The topological polar surface area (TPSA) is 146 Å². The third-order valence-electron chi connectivity index (χ3n) is 7.45. The van der Waals surface area contributed by atoms with Crippen LogP contribution in [0.1, 0.15) is 74.6 Å². The fourth-order valence-electron chi connectivity index (χ4n) is 5.21. The molecule has 0 spiro atoms. The summed E-state index contributed by atoms with van der Waals surface area (Å²) in [5, 5.41) is 5.98. The first-order valence-electron chi connectivity index (χ1n) is 15.3. The Morgan fingerprint density at radius 2 is 1.84 bits per heavy atom. The number of unbranched alkanes of at least 4 members (excludes halogenated alkanes) is 3. The molecule has 0 radical (unpaired) electrons. The number of hydrogen-bond donors (Lipinski definition) is 3. The average molecular weight is 621 g/mol. The number of aromatic nitrogens is 2. The fraction of sp³-hybridized carbons (Fsp3) is 0.485. The molecule has 2 aromatic carbocycles. The van der Waals surface area contributed by atoms with Crippen LogP contribution in [0.4, 0.5) is 10.5 Å². The Morgan fingerprint density at radius 3 is 2.58 bits per heavy atom. The molecule has 3 amide bonds. The van der Waals surface area contributed by atoms with Crippen molar-refractivity contribution in [3.8, 4) is 0 Å². The third-order valence-corrected chi connectivity index (χ3v) is 7.45. The van der Waals surface area contributed by atoms with Gasteiger partial charge < -0.3 is 34.9 Å². The van der Waals surface area contributed by atoms with Crippen LogP contribution in [-0.4, -0.2) is 82.5 Å². The minimum Gasteiger partial charge on any atom is -0.469 e. The van der Waals surface area contributed by atoms with Gasteiger partial charge in [-0.2, -0.15) is 0 Å². The number of nitrogens with one attached hydrogen (secondary N) is 3. The minimum atomic E-state index is -0.783. The summed E-state index contributed by atoms with van der Waals surface area (Å²) in [4.78, 5) is 62.1. The summed E-state index contributed by atoms with van der Waals surface area (Å²) in [7, 11) is 3.03. The van der Waals surface area contributed by atoms with Gasteiger partial charge in [0.25, 0.3) is 5.91 Å². The zero-order valence-corrected chi connectivity index (χ0v) is 26.8. The first-order chi connectivity index (χ1) is 21.4. The molecule has 2 heterocycles. The van der Waals surface area contributed by atoms with Crippen molar-refractivity contribution in [2.75, 3.05) is 32.6 Å². The molecule has 0 saturated heterocycles. The summed E-state index contributed by atoms with van der Waals surface area (Å²) in [5.74, 6) is -0.170. The molecule has 0 aliphatic carbocycles. The van der Waals surface area contributed by atoms with Gasteiger partial charge in [-0.05, 0) is 69.5 Å². The van der Waals surface area contributed by atoms with E-state index in [0.717, 1.165) is 42.3 Å². The second-order valence-corrected chi connectivity index (χ2v) is 12.3. The molecule has 1 aliphatic heterocycles. The van der Waals surface area contributed by atoms with Crippen LogP contribution >= 0.6 is 0 Å². The van der Waals surface area contributed by atoms with E-state index < -0.39 is 23.7 Å². The zero-order valence-electron chi connectivity index (χ0n) is 26.8. The summed E-state index contributed by atoms with van der Waals surface area (Å²) < 4.78 is 10.1. The lowest BCUT2D eigenvalue weighted by Gasteiger charge is -2.24. The van der Waals surface area contributed by atoms with E-state index in [1.807, 2.05) is 51.1 Å². The molecule has 3 N–H and O–H groups in total. The van der Waals surface area contributed by atoms with Gasteiger partial charge in [-0.15, -0.1) is 0 Å².